The van der Waals surface area contributed by atoms with Crippen LogP contribution >= 0.6 is 0 Å². The Labute approximate surface area is 138 Å². The molecule has 3 rings (SSSR count). The summed E-state index contributed by atoms with van der Waals surface area (Å²) in [5.74, 6) is 0.963. The SMILES string of the molecule is CCOC(=O)[C@H]1CCCN(CCOc2ccc3c(c2)CCC3)C1. The van der Waals surface area contributed by atoms with Crippen molar-refractivity contribution in [3.63, 3.8) is 0 Å². The van der Waals surface area contributed by atoms with E-state index in [1.807, 2.05) is 6.92 Å². The number of rotatable bonds is 6. The zero-order chi connectivity index (χ0) is 16.1. The number of carbonyl (C=O) groups excluding carboxylic acids is 1. The molecule has 1 aliphatic carbocycles. The molecule has 4 nitrogen and oxygen atoms in total. The molecule has 1 aliphatic heterocycles. The molecule has 0 unspecified atom stereocenters. The van der Waals surface area contributed by atoms with Crippen LogP contribution in [0.15, 0.2) is 18.2 Å². The first-order valence-corrected chi connectivity index (χ1v) is 8.90. The van der Waals surface area contributed by atoms with Gasteiger partial charge in [-0.3, -0.25) is 9.69 Å². The third-order valence-electron chi connectivity index (χ3n) is 4.87. The van der Waals surface area contributed by atoms with Gasteiger partial charge in [-0.2, -0.15) is 0 Å². The van der Waals surface area contributed by atoms with Crippen molar-refractivity contribution < 1.29 is 14.3 Å². The summed E-state index contributed by atoms with van der Waals surface area (Å²) in [6.07, 6.45) is 5.66. The number of fused-ring (bicyclic) bond motifs is 1. The smallest absolute Gasteiger partial charge is 0.310 e. The van der Waals surface area contributed by atoms with Gasteiger partial charge in [-0.05, 0) is 68.8 Å². The quantitative estimate of drug-likeness (QED) is 0.756. The van der Waals surface area contributed by atoms with Gasteiger partial charge in [-0.15, -0.1) is 0 Å². The zero-order valence-electron chi connectivity index (χ0n) is 14.1. The van der Waals surface area contributed by atoms with Gasteiger partial charge in [-0.1, -0.05) is 6.07 Å². The Hall–Kier alpha value is -1.55. The maximum atomic E-state index is 11.9. The van der Waals surface area contributed by atoms with Crippen LogP contribution in [0.4, 0.5) is 0 Å². The van der Waals surface area contributed by atoms with Gasteiger partial charge < -0.3 is 9.47 Å². The van der Waals surface area contributed by atoms with Crippen LogP contribution in [-0.2, 0) is 22.4 Å². The van der Waals surface area contributed by atoms with Crippen LogP contribution < -0.4 is 4.74 Å². The molecule has 1 saturated heterocycles. The molecule has 0 amide bonds. The van der Waals surface area contributed by atoms with Crippen LogP contribution in [0.2, 0.25) is 0 Å². The van der Waals surface area contributed by atoms with Crippen LogP contribution in [0.3, 0.4) is 0 Å². The van der Waals surface area contributed by atoms with E-state index in [1.165, 1.54) is 30.4 Å². The molecule has 1 heterocycles. The summed E-state index contributed by atoms with van der Waals surface area (Å²) >= 11 is 0. The van der Waals surface area contributed by atoms with E-state index < -0.39 is 0 Å². The molecule has 1 aromatic carbocycles. The average molecular weight is 317 g/mol. The monoisotopic (exact) mass is 317 g/mol. The van der Waals surface area contributed by atoms with Crippen LogP contribution in [0.1, 0.15) is 37.3 Å². The molecule has 0 bridgehead atoms. The Bertz CT molecular complexity index is 543. The number of piperidine rings is 1. The molecule has 0 spiro atoms. The summed E-state index contributed by atoms with van der Waals surface area (Å²) in [7, 11) is 0. The van der Waals surface area contributed by atoms with Crippen molar-refractivity contribution in [1.82, 2.24) is 4.90 Å². The Balaban J connectivity index is 1.44. The third kappa shape index (κ3) is 4.25. The summed E-state index contributed by atoms with van der Waals surface area (Å²) < 4.78 is 11.1. The van der Waals surface area contributed by atoms with Gasteiger partial charge in [0.05, 0.1) is 12.5 Å². The van der Waals surface area contributed by atoms with E-state index in [-0.39, 0.29) is 11.9 Å². The van der Waals surface area contributed by atoms with E-state index in [1.54, 1.807) is 0 Å². The number of hydrogen-bond donors (Lipinski definition) is 0. The number of nitrogens with zero attached hydrogens (tertiary/aromatic N) is 1. The minimum Gasteiger partial charge on any atom is -0.492 e. The molecule has 0 N–H and O–H groups in total. The predicted octanol–water partition coefficient (Wildman–Crippen LogP) is 2.83. The molecule has 0 saturated carbocycles. The van der Waals surface area contributed by atoms with Crippen molar-refractivity contribution in [2.75, 3.05) is 32.8 Å². The second-order valence-electron chi connectivity index (χ2n) is 6.52. The van der Waals surface area contributed by atoms with E-state index in [4.69, 9.17) is 9.47 Å². The number of aryl methyl sites for hydroxylation is 2. The lowest BCUT2D eigenvalue weighted by atomic mass is 9.98. The lowest BCUT2D eigenvalue weighted by molar-refractivity contribution is -0.150. The Kier molecular flexibility index (Phi) is 5.55. The standard InChI is InChI=1S/C19H27NO3/c1-2-22-19(21)17-7-4-10-20(14-17)11-12-23-18-9-8-15-5-3-6-16(15)13-18/h8-9,13,17H,2-7,10-12,14H2,1H3/t17-/m0/s1. The summed E-state index contributed by atoms with van der Waals surface area (Å²) in [5.41, 5.74) is 2.92. The second kappa shape index (κ2) is 7.82. The van der Waals surface area contributed by atoms with E-state index >= 15 is 0 Å². The molecule has 1 fully saturated rings. The van der Waals surface area contributed by atoms with Gasteiger partial charge in [0.1, 0.15) is 12.4 Å². The van der Waals surface area contributed by atoms with E-state index in [0.29, 0.717) is 13.2 Å². The largest absolute Gasteiger partial charge is 0.492 e. The molecular weight excluding hydrogens is 290 g/mol. The second-order valence-corrected chi connectivity index (χ2v) is 6.52. The van der Waals surface area contributed by atoms with E-state index in [9.17, 15) is 4.79 Å². The highest BCUT2D eigenvalue weighted by Gasteiger charge is 2.26. The number of esters is 1. The lowest BCUT2D eigenvalue weighted by Crippen LogP contribution is -2.41. The van der Waals surface area contributed by atoms with Crippen molar-refractivity contribution in [3.05, 3.63) is 29.3 Å². The minimum atomic E-state index is -0.0447. The first-order valence-electron chi connectivity index (χ1n) is 8.90. The first-order chi connectivity index (χ1) is 11.3. The fraction of sp³-hybridized carbons (Fsp3) is 0.632. The van der Waals surface area contributed by atoms with Gasteiger partial charge in [0.15, 0.2) is 0 Å². The fourth-order valence-electron chi connectivity index (χ4n) is 3.64. The fourth-order valence-corrected chi connectivity index (χ4v) is 3.64. The van der Waals surface area contributed by atoms with E-state index in [0.717, 1.165) is 38.2 Å². The van der Waals surface area contributed by atoms with E-state index in [2.05, 4.69) is 23.1 Å². The molecule has 126 valence electrons. The maximum Gasteiger partial charge on any atom is 0.310 e. The predicted molar refractivity (Wildman–Crippen MR) is 89.8 cm³/mol. The molecule has 4 heteroatoms. The average Bonchev–Trinajstić information content (AvgIpc) is 3.03. The summed E-state index contributed by atoms with van der Waals surface area (Å²) in [5, 5.41) is 0. The maximum absolute atomic E-state index is 11.9. The number of likely N-dealkylation sites (tertiary alicyclic amines) is 1. The Morgan fingerprint density at radius 1 is 1.26 bits per heavy atom. The normalized spacial score (nSPS) is 21.0. The summed E-state index contributed by atoms with van der Waals surface area (Å²) in [4.78, 5) is 14.2. The lowest BCUT2D eigenvalue weighted by Gasteiger charge is -2.31. The highest BCUT2D eigenvalue weighted by atomic mass is 16.5. The van der Waals surface area contributed by atoms with Crippen LogP contribution in [0.5, 0.6) is 5.75 Å². The van der Waals surface area contributed by atoms with Crippen molar-refractivity contribution in [2.45, 2.75) is 39.0 Å². The summed E-state index contributed by atoms with van der Waals surface area (Å²) in [6.45, 7) is 5.72. The van der Waals surface area contributed by atoms with Crippen molar-refractivity contribution in [3.8, 4) is 5.75 Å². The van der Waals surface area contributed by atoms with Gasteiger partial charge >= 0.3 is 5.97 Å². The Morgan fingerprint density at radius 2 is 2.13 bits per heavy atom. The van der Waals surface area contributed by atoms with Gasteiger partial charge in [0, 0.05) is 13.1 Å². The van der Waals surface area contributed by atoms with Gasteiger partial charge in [-0.25, -0.2) is 0 Å². The van der Waals surface area contributed by atoms with Crippen molar-refractivity contribution in [2.24, 2.45) is 5.92 Å². The molecule has 0 radical (unpaired) electrons. The molecular formula is C19H27NO3. The molecule has 23 heavy (non-hydrogen) atoms. The molecule has 2 aliphatic rings. The first kappa shape index (κ1) is 16.3. The number of ether oxygens (including phenoxy) is 2. The Morgan fingerprint density at radius 3 is 3.00 bits per heavy atom. The van der Waals surface area contributed by atoms with Crippen LogP contribution in [0.25, 0.3) is 0 Å². The highest BCUT2D eigenvalue weighted by Crippen LogP contribution is 2.26. The number of hydrogen-bond acceptors (Lipinski definition) is 4. The molecule has 0 aromatic heterocycles. The van der Waals surface area contributed by atoms with Crippen LogP contribution in [-0.4, -0.2) is 43.7 Å². The summed E-state index contributed by atoms with van der Waals surface area (Å²) in [6, 6.07) is 6.48. The van der Waals surface area contributed by atoms with Crippen LogP contribution in [0, 0.1) is 5.92 Å². The van der Waals surface area contributed by atoms with Crippen molar-refractivity contribution >= 4 is 5.97 Å². The minimum absolute atomic E-state index is 0.0312. The number of benzene rings is 1. The van der Waals surface area contributed by atoms with Gasteiger partial charge in [0.25, 0.3) is 0 Å². The molecule has 1 atom stereocenters. The van der Waals surface area contributed by atoms with Gasteiger partial charge in [0.2, 0.25) is 0 Å². The molecule has 1 aromatic rings. The highest BCUT2D eigenvalue weighted by molar-refractivity contribution is 5.72. The van der Waals surface area contributed by atoms with Crippen molar-refractivity contribution in [1.29, 1.82) is 0 Å². The topological polar surface area (TPSA) is 38.8 Å². The third-order valence-corrected chi connectivity index (χ3v) is 4.87. The number of carbonyl (C=O) groups is 1. The zero-order valence-corrected chi connectivity index (χ0v) is 14.1.